The molecule has 0 bridgehead atoms. The summed E-state index contributed by atoms with van der Waals surface area (Å²) in [6.07, 6.45) is 8.38. The average molecular weight is 456 g/mol. The van der Waals surface area contributed by atoms with Gasteiger partial charge in [0.2, 0.25) is 0 Å². The summed E-state index contributed by atoms with van der Waals surface area (Å²) >= 11 is 0. The molecule has 1 aromatic carbocycles. The highest BCUT2D eigenvalue weighted by atomic mass is 16.2. The van der Waals surface area contributed by atoms with E-state index in [0.29, 0.717) is 17.5 Å². The number of para-hydroxylation sites is 1. The molecule has 5 rings (SSSR count). The number of rotatable bonds is 4. The lowest BCUT2D eigenvalue weighted by Gasteiger charge is -2.13. The number of carbonyl (C=O) groups is 1. The van der Waals surface area contributed by atoms with Gasteiger partial charge in [0.05, 0.1) is 11.4 Å². The molecule has 8 heteroatoms. The molecule has 8 nitrogen and oxygen atoms in total. The van der Waals surface area contributed by atoms with Gasteiger partial charge >= 0.3 is 0 Å². The molecule has 0 radical (unpaired) electrons. The lowest BCUT2D eigenvalue weighted by Crippen LogP contribution is -2.18. The van der Waals surface area contributed by atoms with Gasteiger partial charge in [-0.3, -0.25) is 4.79 Å². The monoisotopic (exact) mass is 455 g/mol. The molecule has 0 saturated carbocycles. The third-order valence-corrected chi connectivity index (χ3v) is 6.11. The lowest BCUT2D eigenvalue weighted by atomic mass is 9.92. The molecule has 0 unspecified atom stereocenters. The zero-order chi connectivity index (χ0) is 23.7. The third-order valence-electron chi connectivity index (χ3n) is 6.11. The van der Waals surface area contributed by atoms with Crippen LogP contribution >= 0.6 is 0 Å². The molecule has 1 N–H and O–H groups in total. The maximum atomic E-state index is 13.6. The first-order chi connectivity index (χ1) is 16.4. The van der Waals surface area contributed by atoms with Crippen molar-refractivity contribution in [1.29, 1.82) is 0 Å². The van der Waals surface area contributed by atoms with Crippen LogP contribution in [0.2, 0.25) is 0 Å². The molecule has 3 aromatic heterocycles. The number of aromatic nitrogens is 6. The minimum atomic E-state index is -0.245. The fraction of sp³-hybridized carbons (Fsp3) is 0.346. The molecular weight excluding hydrogens is 426 g/mol. The second-order valence-electron chi connectivity index (χ2n) is 9.66. The number of benzene rings is 1. The van der Waals surface area contributed by atoms with E-state index in [4.69, 9.17) is 10.2 Å². The van der Waals surface area contributed by atoms with Crippen LogP contribution in [0.3, 0.4) is 0 Å². The number of hydrogen-bond acceptors (Lipinski definition) is 5. The van der Waals surface area contributed by atoms with Crippen LogP contribution in [0.4, 0.5) is 5.82 Å². The lowest BCUT2D eigenvalue weighted by molar-refractivity contribution is 0.102. The molecule has 3 heterocycles. The summed E-state index contributed by atoms with van der Waals surface area (Å²) in [6, 6.07) is 13.7. The number of nitrogens with one attached hydrogen (secondary N) is 1. The minimum Gasteiger partial charge on any atom is -0.305 e. The quantitative estimate of drug-likeness (QED) is 0.452. The Bertz CT molecular complexity index is 1300. The van der Waals surface area contributed by atoms with Crippen molar-refractivity contribution in [3.05, 3.63) is 77.5 Å². The largest absolute Gasteiger partial charge is 0.305 e. The molecule has 0 spiro atoms. The van der Waals surface area contributed by atoms with Crippen molar-refractivity contribution in [2.45, 2.75) is 58.3 Å². The zero-order valence-electron chi connectivity index (χ0n) is 19.8. The predicted molar refractivity (Wildman–Crippen MR) is 131 cm³/mol. The van der Waals surface area contributed by atoms with Crippen molar-refractivity contribution in [3.8, 4) is 11.6 Å². The number of hydrogen-bond donors (Lipinski definition) is 1. The van der Waals surface area contributed by atoms with E-state index >= 15 is 0 Å². The molecule has 1 aliphatic carbocycles. The first kappa shape index (κ1) is 22.0. The number of carbonyl (C=O) groups excluding carboxylic acids is 1. The Balaban J connectivity index is 1.56. The van der Waals surface area contributed by atoms with E-state index in [1.165, 1.54) is 0 Å². The van der Waals surface area contributed by atoms with Crippen LogP contribution in [0.5, 0.6) is 0 Å². The van der Waals surface area contributed by atoms with Gasteiger partial charge in [0.15, 0.2) is 5.69 Å². The van der Waals surface area contributed by atoms with E-state index < -0.39 is 0 Å². The van der Waals surface area contributed by atoms with Crippen LogP contribution in [-0.4, -0.2) is 35.4 Å². The number of anilines is 1. The normalized spacial score (nSPS) is 13.9. The first-order valence-electron chi connectivity index (χ1n) is 11.8. The van der Waals surface area contributed by atoms with Gasteiger partial charge in [-0.2, -0.15) is 14.9 Å². The van der Waals surface area contributed by atoms with Gasteiger partial charge in [-0.05, 0) is 43.9 Å². The second kappa shape index (κ2) is 8.85. The van der Waals surface area contributed by atoms with E-state index in [0.717, 1.165) is 54.7 Å². The summed E-state index contributed by atoms with van der Waals surface area (Å²) in [5, 5.41) is 12.6. The second-order valence-corrected chi connectivity index (χ2v) is 9.66. The van der Waals surface area contributed by atoms with Crippen molar-refractivity contribution >= 4 is 11.7 Å². The van der Waals surface area contributed by atoms with Crippen molar-refractivity contribution in [2.24, 2.45) is 0 Å². The Labute approximate surface area is 199 Å². The fourth-order valence-electron chi connectivity index (χ4n) is 4.31. The molecule has 0 aliphatic heterocycles. The van der Waals surface area contributed by atoms with E-state index in [-0.39, 0.29) is 11.3 Å². The summed E-state index contributed by atoms with van der Waals surface area (Å²) in [7, 11) is 0. The molecule has 1 aliphatic rings. The van der Waals surface area contributed by atoms with Gasteiger partial charge in [-0.15, -0.1) is 0 Å². The highest BCUT2D eigenvalue weighted by molar-refractivity contribution is 6.03. The molecule has 0 atom stereocenters. The maximum absolute atomic E-state index is 13.6. The van der Waals surface area contributed by atoms with Crippen LogP contribution in [0, 0.1) is 0 Å². The molecule has 0 saturated heterocycles. The topological polar surface area (TPSA) is 90.5 Å². The highest BCUT2D eigenvalue weighted by Crippen LogP contribution is 2.29. The van der Waals surface area contributed by atoms with Crippen LogP contribution < -0.4 is 5.32 Å². The molecule has 34 heavy (non-hydrogen) atoms. The Morgan fingerprint density at radius 3 is 2.38 bits per heavy atom. The third kappa shape index (κ3) is 4.23. The summed E-state index contributed by atoms with van der Waals surface area (Å²) in [5.74, 6) is 0.685. The highest BCUT2D eigenvalue weighted by Gasteiger charge is 2.27. The summed E-state index contributed by atoms with van der Waals surface area (Å²) in [6.45, 7) is 6.25. The van der Waals surface area contributed by atoms with Crippen LogP contribution in [-0.2, 0) is 18.3 Å². The van der Waals surface area contributed by atoms with E-state index in [1.807, 2.05) is 41.1 Å². The predicted octanol–water partition coefficient (Wildman–Crippen LogP) is 4.67. The standard InChI is InChI=1S/C26H29N7O/c1-26(2,3)21-17-22(33(30-21)25-27-15-10-16-28-25)29-24(34)23-19-13-8-5-9-14-20(19)32(31-23)18-11-6-4-7-12-18/h4,6-7,10-12,15-17H,5,8-9,13-14H2,1-3H3,(H,29,34). The maximum Gasteiger partial charge on any atom is 0.277 e. The summed E-state index contributed by atoms with van der Waals surface area (Å²) in [5.41, 5.74) is 4.24. The van der Waals surface area contributed by atoms with Gasteiger partial charge in [-0.25, -0.2) is 14.6 Å². The Morgan fingerprint density at radius 1 is 0.912 bits per heavy atom. The van der Waals surface area contributed by atoms with Crippen molar-refractivity contribution in [2.75, 3.05) is 5.32 Å². The van der Waals surface area contributed by atoms with Crippen molar-refractivity contribution < 1.29 is 4.79 Å². The number of fused-ring (bicyclic) bond motifs is 1. The average Bonchev–Trinajstić information content (AvgIpc) is 3.34. The van der Waals surface area contributed by atoms with Crippen LogP contribution in [0.25, 0.3) is 11.6 Å². The molecular formula is C26H29N7O. The van der Waals surface area contributed by atoms with Gasteiger partial charge in [0, 0.05) is 35.1 Å². The van der Waals surface area contributed by atoms with Crippen molar-refractivity contribution in [3.63, 3.8) is 0 Å². The van der Waals surface area contributed by atoms with Crippen LogP contribution in [0.1, 0.15) is 67.5 Å². The van der Waals surface area contributed by atoms with E-state index in [2.05, 4.69) is 36.1 Å². The van der Waals surface area contributed by atoms with Crippen molar-refractivity contribution in [1.82, 2.24) is 29.5 Å². The Kier molecular flexibility index (Phi) is 5.73. The number of amides is 1. The van der Waals surface area contributed by atoms with Gasteiger partial charge in [-0.1, -0.05) is 45.4 Å². The molecule has 4 aromatic rings. The zero-order valence-corrected chi connectivity index (χ0v) is 19.8. The first-order valence-corrected chi connectivity index (χ1v) is 11.8. The SMILES string of the molecule is CC(C)(C)c1cc(NC(=O)c2nn(-c3ccccc3)c3c2CCCCC3)n(-c2ncccn2)n1. The fourth-order valence-corrected chi connectivity index (χ4v) is 4.31. The molecule has 0 fully saturated rings. The number of nitrogens with zero attached hydrogens (tertiary/aromatic N) is 6. The van der Waals surface area contributed by atoms with E-state index in [1.54, 1.807) is 23.1 Å². The summed E-state index contributed by atoms with van der Waals surface area (Å²) in [4.78, 5) is 22.3. The smallest absolute Gasteiger partial charge is 0.277 e. The van der Waals surface area contributed by atoms with Gasteiger partial charge in [0.1, 0.15) is 5.82 Å². The van der Waals surface area contributed by atoms with E-state index in [9.17, 15) is 4.79 Å². The Hall–Kier alpha value is -3.81. The molecule has 174 valence electrons. The minimum absolute atomic E-state index is 0.203. The summed E-state index contributed by atoms with van der Waals surface area (Å²) < 4.78 is 3.53. The Morgan fingerprint density at radius 2 is 1.65 bits per heavy atom. The molecule has 1 amide bonds. The van der Waals surface area contributed by atoms with Crippen LogP contribution in [0.15, 0.2) is 54.9 Å². The van der Waals surface area contributed by atoms with Gasteiger partial charge in [0.25, 0.3) is 11.9 Å². The van der Waals surface area contributed by atoms with Gasteiger partial charge < -0.3 is 5.32 Å².